The standard InChI is InChI=1S/C15H27N3O2S/c1-4-5-6-9-17(3)21(19,20)15-10-14(11-16-2)18(12-15)13-7-8-13/h10,12-13,16H,4-9,11H2,1-3H3. The molecule has 2 rings (SSSR count). The van der Waals surface area contributed by atoms with Gasteiger partial charge in [0.15, 0.2) is 0 Å². The van der Waals surface area contributed by atoms with Crippen molar-refractivity contribution in [2.75, 3.05) is 20.6 Å². The molecule has 6 heteroatoms. The van der Waals surface area contributed by atoms with Crippen LogP contribution in [0.25, 0.3) is 0 Å². The summed E-state index contributed by atoms with van der Waals surface area (Å²) in [5.74, 6) is 0. The summed E-state index contributed by atoms with van der Waals surface area (Å²) < 4.78 is 28.9. The lowest BCUT2D eigenvalue weighted by Gasteiger charge is -2.15. The second-order valence-electron chi connectivity index (χ2n) is 5.87. The van der Waals surface area contributed by atoms with Crippen molar-refractivity contribution < 1.29 is 8.42 Å². The number of unbranched alkanes of at least 4 members (excludes halogenated alkanes) is 2. The van der Waals surface area contributed by atoms with Crippen LogP contribution in [0.15, 0.2) is 17.2 Å². The third-order valence-electron chi connectivity index (χ3n) is 3.99. The van der Waals surface area contributed by atoms with E-state index >= 15 is 0 Å². The summed E-state index contributed by atoms with van der Waals surface area (Å²) >= 11 is 0. The molecule has 0 aromatic carbocycles. The van der Waals surface area contributed by atoms with E-state index in [1.54, 1.807) is 7.05 Å². The first kappa shape index (κ1) is 16.5. The Labute approximate surface area is 128 Å². The number of nitrogens with one attached hydrogen (secondary N) is 1. The maximum Gasteiger partial charge on any atom is 0.244 e. The molecule has 1 fully saturated rings. The first-order valence-electron chi connectivity index (χ1n) is 7.82. The molecule has 1 N–H and O–H groups in total. The molecule has 0 bridgehead atoms. The average molecular weight is 313 g/mol. The van der Waals surface area contributed by atoms with Crippen LogP contribution in [0.2, 0.25) is 0 Å². The zero-order valence-corrected chi connectivity index (χ0v) is 14.1. The van der Waals surface area contributed by atoms with Gasteiger partial charge in [0.25, 0.3) is 0 Å². The minimum Gasteiger partial charge on any atom is -0.346 e. The lowest BCUT2D eigenvalue weighted by Crippen LogP contribution is -2.27. The van der Waals surface area contributed by atoms with Crippen LogP contribution in [0.4, 0.5) is 0 Å². The van der Waals surface area contributed by atoms with Crippen molar-refractivity contribution in [3.63, 3.8) is 0 Å². The Balaban J connectivity index is 2.17. The maximum absolute atomic E-state index is 12.6. The van der Waals surface area contributed by atoms with Gasteiger partial charge in [-0.1, -0.05) is 19.8 Å². The predicted octanol–water partition coefficient (Wildman–Crippen LogP) is 2.35. The first-order valence-corrected chi connectivity index (χ1v) is 9.26. The average Bonchev–Trinajstić information content (AvgIpc) is 3.20. The van der Waals surface area contributed by atoms with E-state index in [4.69, 9.17) is 0 Å². The molecule has 0 unspecified atom stereocenters. The maximum atomic E-state index is 12.6. The summed E-state index contributed by atoms with van der Waals surface area (Å²) in [7, 11) is 0.202. The fraction of sp³-hybridized carbons (Fsp3) is 0.733. The lowest BCUT2D eigenvalue weighted by molar-refractivity contribution is 0.454. The summed E-state index contributed by atoms with van der Waals surface area (Å²) in [6, 6.07) is 2.31. The van der Waals surface area contributed by atoms with E-state index in [9.17, 15) is 8.42 Å². The van der Waals surface area contributed by atoms with Gasteiger partial charge in [-0.3, -0.25) is 0 Å². The molecule has 120 valence electrons. The summed E-state index contributed by atoms with van der Waals surface area (Å²) in [6.45, 7) is 3.41. The van der Waals surface area contributed by atoms with Crippen molar-refractivity contribution in [3.05, 3.63) is 18.0 Å². The Hall–Kier alpha value is -0.850. The van der Waals surface area contributed by atoms with E-state index in [-0.39, 0.29) is 0 Å². The molecule has 1 aliphatic rings. The monoisotopic (exact) mass is 313 g/mol. The van der Waals surface area contributed by atoms with E-state index in [2.05, 4.69) is 16.8 Å². The Bertz CT molecular complexity index is 561. The molecule has 0 radical (unpaired) electrons. The van der Waals surface area contributed by atoms with Gasteiger partial charge in [-0.2, -0.15) is 0 Å². The zero-order valence-electron chi connectivity index (χ0n) is 13.3. The van der Waals surface area contributed by atoms with Gasteiger partial charge >= 0.3 is 0 Å². The van der Waals surface area contributed by atoms with E-state index in [0.29, 0.717) is 24.0 Å². The van der Waals surface area contributed by atoms with Gasteiger partial charge in [-0.25, -0.2) is 12.7 Å². The van der Waals surface area contributed by atoms with Crippen molar-refractivity contribution in [1.82, 2.24) is 14.2 Å². The number of hydrogen-bond donors (Lipinski definition) is 1. The summed E-state index contributed by atoms with van der Waals surface area (Å²) in [5, 5.41) is 3.11. The highest BCUT2D eigenvalue weighted by atomic mass is 32.2. The Morgan fingerprint density at radius 3 is 2.67 bits per heavy atom. The fourth-order valence-corrected chi connectivity index (χ4v) is 3.80. The molecule has 0 aliphatic heterocycles. The number of hydrogen-bond acceptors (Lipinski definition) is 3. The number of rotatable bonds is 9. The highest BCUT2D eigenvalue weighted by Gasteiger charge is 2.29. The molecular formula is C15H27N3O2S. The Morgan fingerprint density at radius 2 is 2.10 bits per heavy atom. The van der Waals surface area contributed by atoms with Crippen molar-refractivity contribution in [1.29, 1.82) is 0 Å². The third kappa shape index (κ3) is 3.87. The normalized spacial score (nSPS) is 15.8. The van der Waals surface area contributed by atoms with Crippen LogP contribution in [0, 0.1) is 0 Å². The van der Waals surface area contributed by atoms with Gasteiger partial charge in [0.1, 0.15) is 4.90 Å². The second-order valence-corrected chi connectivity index (χ2v) is 7.91. The van der Waals surface area contributed by atoms with Crippen LogP contribution in [0.5, 0.6) is 0 Å². The van der Waals surface area contributed by atoms with Crippen LogP contribution in [0.1, 0.15) is 50.8 Å². The second kappa shape index (κ2) is 6.94. The zero-order chi connectivity index (χ0) is 15.5. The SMILES string of the molecule is CCCCCN(C)S(=O)(=O)c1cc(CNC)n(C2CC2)c1. The summed E-state index contributed by atoms with van der Waals surface area (Å²) in [5.41, 5.74) is 1.06. The van der Waals surface area contributed by atoms with Gasteiger partial charge in [0.05, 0.1) is 0 Å². The summed E-state index contributed by atoms with van der Waals surface area (Å²) in [4.78, 5) is 0.429. The molecular weight excluding hydrogens is 286 g/mol. The molecule has 0 spiro atoms. The van der Waals surface area contributed by atoms with Crippen molar-refractivity contribution in [2.45, 2.75) is 56.5 Å². The Kier molecular flexibility index (Phi) is 5.46. The molecule has 5 nitrogen and oxygen atoms in total. The lowest BCUT2D eigenvalue weighted by atomic mass is 10.2. The highest BCUT2D eigenvalue weighted by Crippen LogP contribution is 2.37. The van der Waals surface area contributed by atoms with Crippen LogP contribution >= 0.6 is 0 Å². The molecule has 1 saturated carbocycles. The van der Waals surface area contributed by atoms with Gasteiger partial charge in [-0.15, -0.1) is 0 Å². The molecule has 0 saturated heterocycles. The van der Waals surface area contributed by atoms with Gasteiger partial charge in [0.2, 0.25) is 10.0 Å². The molecule has 1 aliphatic carbocycles. The van der Waals surface area contributed by atoms with E-state index in [1.807, 2.05) is 19.3 Å². The largest absolute Gasteiger partial charge is 0.346 e. The molecule has 0 atom stereocenters. The number of sulfonamides is 1. The number of nitrogens with zero attached hydrogens (tertiary/aromatic N) is 2. The van der Waals surface area contributed by atoms with E-state index in [1.165, 1.54) is 4.31 Å². The number of aromatic nitrogens is 1. The molecule has 0 amide bonds. The van der Waals surface area contributed by atoms with Crippen molar-refractivity contribution >= 4 is 10.0 Å². The van der Waals surface area contributed by atoms with Crippen LogP contribution in [0.3, 0.4) is 0 Å². The Morgan fingerprint density at radius 1 is 1.38 bits per heavy atom. The topological polar surface area (TPSA) is 54.3 Å². The highest BCUT2D eigenvalue weighted by molar-refractivity contribution is 7.89. The predicted molar refractivity (Wildman–Crippen MR) is 84.8 cm³/mol. The van der Waals surface area contributed by atoms with Gasteiger partial charge in [0, 0.05) is 38.1 Å². The molecule has 1 aromatic heterocycles. The first-order chi connectivity index (χ1) is 10.0. The fourth-order valence-electron chi connectivity index (χ4n) is 2.54. The van der Waals surface area contributed by atoms with Crippen LogP contribution in [-0.4, -0.2) is 37.9 Å². The molecule has 21 heavy (non-hydrogen) atoms. The van der Waals surface area contributed by atoms with Crippen molar-refractivity contribution in [3.8, 4) is 0 Å². The van der Waals surface area contributed by atoms with Crippen molar-refractivity contribution in [2.24, 2.45) is 0 Å². The smallest absolute Gasteiger partial charge is 0.244 e. The minimum atomic E-state index is -3.36. The van der Waals surface area contributed by atoms with Crippen LogP contribution in [-0.2, 0) is 16.6 Å². The van der Waals surface area contributed by atoms with E-state index in [0.717, 1.165) is 37.8 Å². The van der Waals surface area contributed by atoms with Gasteiger partial charge < -0.3 is 9.88 Å². The molecule has 1 heterocycles. The molecule has 1 aromatic rings. The van der Waals surface area contributed by atoms with Gasteiger partial charge in [-0.05, 0) is 32.4 Å². The van der Waals surface area contributed by atoms with Crippen LogP contribution < -0.4 is 5.32 Å². The summed E-state index contributed by atoms with van der Waals surface area (Å²) in [6.07, 6.45) is 7.19. The minimum absolute atomic E-state index is 0.429. The third-order valence-corrected chi connectivity index (χ3v) is 5.81. The quantitative estimate of drug-likeness (QED) is 0.712. The van der Waals surface area contributed by atoms with E-state index < -0.39 is 10.0 Å².